The first-order chi connectivity index (χ1) is 14.4. The number of rotatable bonds is 5. The lowest BCUT2D eigenvalue weighted by atomic mass is 10.2. The quantitative estimate of drug-likeness (QED) is 0.696. The Morgan fingerprint density at radius 3 is 2.90 bits per heavy atom. The van der Waals surface area contributed by atoms with E-state index < -0.39 is 5.25 Å². The van der Waals surface area contributed by atoms with Gasteiger partial charge in [-0.25, -0.2) is 4.98 Å². The molecular weight excluding hydrogens is 444 g/mol. The van der Waals surface area contributed by atoms with Crippen LogP contribution in [0.15, 0.2) is 28.5 Å². The van der Waals surface area contributed by atoms with Crippen molar-refractivity contribution in [2.45, 2.75) is 49.2 Å². The molecule has 1 aromatic heterocycles. The van der Waals surface area contributed by atoms with Gasteiger partial charge in [-0.1, -0.05) is 11.6 Å². The average molecular weight is 467 g/mol. The maximum Gasteiger partial charge on any atom is 0.238 e. The zero-order chi connectivity index (χ0) is 21.3. The third-order valence-corrected chi connectivity index (χ3v) is 7.13. The number of anilines is 2. The Balaban J connectivity index is 1.31. The van der Waals surface area contributed by atoms with Crippen LogP contribution in [0.3, 0.4) is 0 Å². The first-order valence-electron chi connectivity index (χ1n) is 9.75. The van der Waals surface area contributed by atoms with Crippen LogP contribution < -0.4 is 10.6 Å². The van der Waals surface area contributed by atoms with Gasteiger partial charge < -0.3 is 15.4 Å². The summed E-state index contributed by atoms with van der Waals surface area (Å²) in [7, 11) is 0. The molecule has 2 aliphatic heterocycles. The Morgan fingerprint density at radius 1 is 1.37 bits per heavy atom. The lowest BCUT2D eigenvalue weighted by Gasteiger charge is -2.34. The summed E-state index contributed by atoms with van der Waals surface area (Å²) in [4.78, 5) is 32.6. The summed E-state index contributed by atoms with van der Waals surface area (Å²) in [5.74, 6) is -0.421. The van der Waals surface area contributed by atoms with Crippen molar-refractivity contribution >= 4 is 57.3 Å². The van der Waals surface area contributed by atoms with Crippen LogP contribution >= 0.6 is 34.7 Å². The number of nitrogens with zero attached hydrogens (tertiary/aromatic N) is 2. The summed E-state index contributed by atoms with van der Waals surface area (Å²) >= 11 is 8.75. The van der Waals surface area contributed by atoms with Crippen LogP contribution in [-0.2, 0) is 20.9 Å². The van der Waals surface area contributed by atoms with Gasteiger partial charge in [-0.15, -0.1) is 23.1 Å². The second-order valence-electron chi connectivity index (χ2n) is 7.58. The first-order valence-corrected chi connectivity index (χ1v) is 11.9. The van der Waals surface area contributed by atoms with Gasteiger partial charge in [-0.2, -0.15) is 0 Å². The number of nitrogens with one attached hydrogen (secondary N) is 2. The number of ether oxygens (including phenoxy) is 1. The molecule has 3 heterocycles. The highest BCUT2D eigenvalue weighted by molar-refractivity contribution is 8.01. The number of amides is 2. The minimum absolute atomic E-state index is 0.0754. The zero-order valence-corrected chi connectivity index (χ0v) is 19.1. The molecule has 30 heavy (non-hydrogen) atoms. The van der Waals surface area contributed by atoms with Crippen LogP contribution in [0, 0.1) is 0 Å². The summed E-state index contributed by atoms with van der Waals surface area (Å²) < 4.78 is 5.76. The van der Waals surface area contributed by atoms with E-state index >= 15 is 0 Å². The van der Waals surface area contributed by atoms with Gasteiger partial charge in [0.1, 0.15) is 0 Å². The Labute approximate surface area is 188 Å². The van der Waals surface area contributed by atoms with Gasteiger partial charge in [0.2, 0.25) is 11.8 Å². The first kappa shape index (κ1) is 21.6. The highest BCUT2D eigenvalue weighted by Gasteiger charge is 2.29. The molecule has 2 N–H and O–H groups in total. The fourth-order valence-electron chi connectivity index (χ4n) is 3.68. The summed E-state index contributed by atoms with van der Waals surface area (Å²) in [6.45, 7) is 6.60. The Kier molecular flexibility index (Phi) is 6.64. The molecule has 1 aromatic carbocycles. The SMILES string of the molecule is C[C@@H]1CN(Cc2csc(NC(=O)C[C@H]3Sc4ccc(Cl)cc4NC3=O)n2)C[C@@H](C)O1. The summed E-state index contributed by atoms with van der Waals surface area (Å²) in [5.41, 5.74) is 1.61. The van der Waals surface area contributed by atoms with Gasteiger partial charge in [-0.05, 0) is 32.0 Å². The van der Waals surface area contributed by atoms with Crippen molar-refractivity contribution in [3.05, 3.63) is 34.3 Å². The Bertz CT molecular complexity index is 944. The molecule has 3 atom stereocenters. The Morgan fingerprint density at radius 2 is 2.13 bits per heavy atom. The maximum atomic E-state index is 12.5. The van der Waals surface area contributed by atoms with E-state index in [9.17, 15) is 9.59 Å². The molecule has 1 saturated heterocycles. The van der Waals surface area contributed by atoms with E-state index in [0.29, 0.717) is 15.8 Å². The fourth-order valence-corrected chi connectivity index (χ4v) is 5.66. The molecule has 0 spiro atoms. The third-order valence-electron chi connectivity index (χ3n) is 4.81. The molecule has 0 unspecified atom stereocenters. The molecule has 0 aliphatic carbocycles. The highest BCUT2D eigenvalue weighted by atomic mass is 35.5. The van der Waals surface area contributed by atoms with Crippen LogP contribution in [-0.4, -0.2) is 52.2 Å². The molecule has 160 valence electrons. The second-order valence-corrected chi connectivity index (χ2v) is 10.1. The predicted octanol–water partition coefficient (Wildman–Crippen LogP) is 3.85. The molecule has 0 saturated carbocycles. The van der Waals surface area contributed by atoms with Gasteiger partial charge in [-0.3, -0.25) is 14.5 Å². The van der Waals surface area contributed by atoms with E-state index in [1.165, 1.54) is 23.1 Å². The van der Waals surface area contributed by atoms with E-state index in [4.69, 9.17) is 16.3 Å². The van der Waals surface area contributed by atoms with Crippen molar-refractivity contribution in [3.8, 4) is 0 Å². The predicted molar refractivity (Wildman–Crippen MR) is 120 cm³/mol. The van der Waals surface area contributed by atoms with Crippen LogP contribution in [0.1, 0.15) is 26.0 Å². The molecule has 2 amide bonds. The van der Waals surface area contributed by atoms with Crippen molar-refractivity contribution in [1.29, 1.82) is 0 Å². The zero-order valence-electron chi connectivity index (χ0n) is 16.7. The van der Waals surface area contributed by atoms with Gasteiger partial charge in [0.05, 0.1) is 28.8 Å². The molecule has 1 fully saturated rings. The standard InChI is InChI=1S/C20H23ClN4O3S2/c1-11-7-25(8-12(2)28-11)9-14-10-29-20(22-14)24-18(26)6-17-19(27)23-15-5-13(21)3-4-16(15)30-17/h3-5,10-12,17H,6-9H2,1-2H3,(H,23,27)(H,22,24,26)/t11-,12-,17-/m1/s1. The molecule has 4 rings (SSSR count). The molecule has 2 aromatic rings. The number of hydrogen-bond donors (Lipinski definition) is 2. The van der Waals surface area contributed by atoms with Crippen LogP contribution in [0.5, 0.6) is 0 Å². The third kappa shape index (κ3) is 5.33. The number of carbonyl (C=O) groups excluding carboxylic acids is 2. The van der Waals surface area contributed by atoms with Gasteiger partial charge >= 0.3 is 0 Å². The van der Waals surface area contributed by atoms with E-state index in [0.717, 1.165) is 30.2 Å². The average Bonchev–Trinajstić information content (AvgIpc) is 3.08. The van der Waals surface area contributed by atoms with E-state index in [1.54, 1.807) is 12.1 Å². The molecule has 0 bridgehead atoms. The monoisotopic (exact) mass is 466 g/mol. The number of morpholine rings is 1. The van der Waals surface area contributed by atoms with E-state index in [1.807, 2.05) is 11.4 Å². The molecule has 2 aliphatic rings. The number of carbonyl (C=O) groups is 2. The van der Waals surface area contributed by atoms with Crippen molar-refractivity contribution in [2.75, 3.05) is 23.7 Å². The molecule has 10 heteroatoms. The molecular formula is C20H23ClN4O3S2. The van der Waals surface area contributed by atoms with Gasteiger partial charge in [0, 0.05) is 41.4 Å². The molecule has 7 nitrogen and oxygen atoms in total. The van der Waals surface area contributed by atoms with Crippen molar-refractivity contribution < 1.29 is 14.3 Å². The number of fused-ring (bicyclic) bond motifs is 1. The summed E-state index contributed by atoms with van der Waals surface area (Å²) in [6.07, 6.45) is 0.477. The maximum absolute atomic E-state index is 12.5. The minimum atomic E-state index is -0.491. The number of aromatic nitrogens is 1. The van der Waals surface area contributed by atoms with E-state index in [2.05, 4.69) is 34.4 Å². The normalized spacial score (nSPS) is 24.2. The smallest absolute Gasteiger partial charge is 0.238 e. The Hall–Kier alpha value is -1.65. The van der Waals surface area contributed by atoms with Crippen LogP contribution in [0.4, 0.5) is 10.8 Å². The van der Waals surface area contributed by atoms with Crippen molar-refractivity contribution in [2.24, 2.45) is 0 Å². The van der Waals surface area contributed by atoms with Crippen LogP contribution in [0.25, 0.3) is 0 Å². The molecule has 0 radical (unpaired) electrons. The van der Waals surface area contributed by atoms with Gasteiger partial charge in [0.25, 0.3) is 0 Å². The largest absolute Gasteiger partial charge is 0.373 e. The minimum Gasteiger partial charge on any atom is -0.373 e. The lowest BCUT2D eigenvalue weighted by Crippen LogP contribution is -2.44. The summed E-state index contributed by atoms with van der Waals surface area (Å²) in [5, 5.41) is 8.24. The lowest BCUT2D eigenvalue weighted by molar-refractivity contribution is -0.120. The number of hydrogen-bond acceptors (Lipinski definition) is 7. The summed E-state index contributed by atoms with van der Waals surface area (Å²) in [6, 6.07) is 5.34. The van der Waals surface area contributed by atoms with Crippen LogP contribution in [0.2, 0.25) is 5.02 Å². The van der Waals surface area contributed by atoms with Gasteiger partial charge in [0.15, 0.2) is 5.13 Å². The number of thioether (sulfide) groups is 1. The second kappa shape index (κ2) is 9.23. The number of halogens is 1. The van der Waals surface area contributed by atoms with Crippen molar-refractivity contribution in [1.82, 2.24) is 9.88 Å². The fraction of sp³-hybridized carbons (Fsp3) is 0.450. The highest BCUT2D eigenvalue weighted by Crippen LogP contribution is 2.38. The number of benzene rings is 1. The van der Waals surface area contributed by atoms with Crippen molar-refractivity contribution in [3.63, 3.8) is 0 Å². The number of thiazole rings is 1. The van der Waals surface area contributed by atoms with E-state index in [-0.39, 0.29) is 30.4 Å². The topological polar surface area (TPSA) is 83.6 Å².